The quantitative estimate of drug-likeness (QED) is 0.593. The third-order valence-corrected chi connectivity index (χ3v) is 3.79. The third kappa shape index (κ3) is 4.35. The highest BCUT2D eigenvalue weighted by Crippen LogP contribution is 2.24. The number of hydrogen-bond acceptors (Lipinski definition) is 2. The Hall–Kier alpha value is -1.77. The molecule has 0 fully saturated rings. The molecule has 0 spiro atoms. The summed E-state index contributed by atoms with van der Waals surface area (Å²) in [6.45, 7) is 2.08. The number of halogens is 2. The van der Waals surface area contributed by atoms with Crippen molar-refractivity contribution in [1.29, 1.82) is 0 Å². The van der Waals surface area contributed by atoms with E-state index in [-0.39, 0.29) is 5.78 Å². The summed E-state index contributed by atoms with van der Waals surface area (Å²) in [5.74, 6) is -0.0507. The molecule has 0 aromatic heterocycles. The normalized spacial score (nSPS) is 10.8. The van der Waals surface area contributed by atoms with Crippen LogP contribution in [0.1, 0.15) is 22.8 Å². The number of carbonyl (C=O) groups is 1. The van der Waals surface area contributed by atoms with Gasteiger partial charge in [0, 0.05) is 23.5 Å². The van der Waals surface area contributed by atoms with E-state index in [1.165, 1.54) is 11.6 Å². The number of allylic oxidation sites excluding steroid dienone is 1. The van der Waals surface area contributed by atoms with Crippen molar-refractivity contribution in [3.8, 4) is 0 Å². The summed E-state index contributed by atoms with van der Waals surface area (Å²) in [7, 11) is 0. The predicted octanol–water partition coefficient (Wildman–Crippen LogP) is 5.36. The predicted molar refractivity (Wildman–Crippen MR) is 89.4 cm³/mol. The summed E-state index contributed by atoms with van der Waals surface area (Å²) in [4.78, 5) is 12.0. The van der Waals surface area contributed by atoms with Crippen molar-refractivity contribution >= 4 is 34.7 Å². The lowest BCUT2D eigenvalue weighted by atomic mass is 10.1. The fraction of sp³-hybridized carbons (Fsp3) is 0.118. The van der Waals surface area contributed by atoms with Crippen LogP contribution in [0.15, 0.2) is 54.7 Å². The van der Waals surface area contributed by atoms with E-state index in [1.54, 1.807) is 24.4 Å². The van der Waals surface area contributed by atoms with E-state index in [1.807, 2.05) is 24.3 Å². The van der Waals surface area contributed by atoms with Gasteiger partial charge in [-0.25, -0.2) is 0 Å². The Morgan fingerprint density at radius 2 is 1.81 bits per heavy atom. The lowest BCUT2D eigenvalue weighted by Gasteiger charge is -2.02. The first-order valence-corrected chi connectivity index (χ1v) is 7.37. The van der Waals surface area contributed by atoms with Crippen LogP contribution < -0.4 is 5.32 Å². The minimum atomic E-state index is -0.0507. The molecule has 0 amide bonds. The van der Waals surface area contributed by atoms with Crippen molar-refractivity contribution < 1.29 is 4.79 Å². The molecule has 0 aliphatic rings. The Kier molecular flexibility index (Phi) is 5.43. The highest BCUT2D eigenvalue weighted by atomic mass is 35.5. The van der Waals surface area contributed by atoms with Crippen molar-refractivity contribution in [2.45, 2.75) is 13.3 Å². The van der Waals surface area contributed by atoms with Gasteiger partial charge in [0.1, 0.15) is 0 Å². The van der Waals surface area contributed by atoms with E-state index in [9.17, 15) is 4.79 Å². The molecule has 0 saturated heterocycles. The average molecular weight is 320 g/mol. The van der Waals surface area contributed by atoms with Gasteiger partial charge in [0.25, 0.3) is 0 Å². The van der Waals surface area contributed by atoms with Gasteiger partial charge in [-0.05, 0) is 30.2 Å². The van der Waals surface area contributed by atoms with Crippen LogP contribution in [-0.4, -0.2) is 5.78 Å². The van der Waals surface area contributed by atoms with Gasteiger partial charge in [0.2, 0.25) is 0 Å². The van der Waals surface area contributed by atoms with Gasteiger partial charge >= 0.3 is 0 Å². The lowest BCUT2D eigenvalue weighted by molar-refractivity contribution is 0.104. The molecule has 0 bridgehead atoms. The molecule has 2 aromatic rings. The minimum absolute atomic E-state index is 0.0507. The summed E-state index contributed by atoms with van der Waals surface area (Å²) in [5, 5.41) is 3.96. The molecule has 2 aromatic carbocycles. The van der Waals surface area contributed by atoms with Crippen molar-refractivity contribution in [1.82, 2.24) is 0 Å². The molecule has 1 N–H and O–H groups in total. The van der Waals surface area contributed by atoms with Crippen molar-refractivity contribution in [2.24, 2.45) is 0 Å². The zero-order valence-electron chi connectivity index (χ0n) is 11.6. The summed E-state index contributed by atoms with van der Waals surface area (Å²) >= 11 is 11.8. The van der Waals surface area contributed by atoms with Crippen LogP contribution in [0.2, 0.25) is 10.0 Å². The molecule has 0 radical (unpaired) electrons. The monoisotopic (exact) mass is 319 g/mol. The van der Waals surface area contributed by atoms with Crippen LogP contribution in [0.3, 0.4) is 0 Å². The highest BCUT2D eigenvalue weighted by molar-refractivity contribution is 6.42. The second-order valence-corrected chi connectivity index (χ2v) is 5.34. The maximum atomic E-state index is 12.0. The standard InChI is InChI=1S/C17H15Cl2NO/c1-2-12-3-5-13(6-4-12)17(21)9-10-20-14-7-8-15(18)16(19)11-14/h3-11,20H,2H2,1H3/b10-9+. The molecule has 2 nitrogen and oxygen atoms in total. The van der Waals surface area contributed by atoms with Crippen LogP contribution in [0.5, 0.6) is 0 Å². The number of ketones is 1. The second-order valence-electron chi connectivity index (χ2n) is 4.52. The first-order chi connectivity index (χ1) is 10.1. The molecule has 0 aliphatic carbocycles. The first kappa shape index (κ1) is 15.6. The van der Waals surface area contributed by atoms with E-state index >= 15 is 0 Å². The smallest absolute Gasteiger partial charge is 0.187 e. The Balaban J connectivity index is 1.99. The molecule has 2 rings (SSSR count). The summed E-state index contributed by atoms with van der Waals surface area (Å²) < 4.78 is 0. The van der Waals surface area contributed by atoms with Crippen LogP contribution in [0, 0.1) is 0 Å². The topological polar surface area (TPSA) is 29.1 Å². The van der Waals surface area contributed by atoms with Crippen LogP contribution in [0.4, 0.5) is 5.69 Å². The number of nitrogens with one attached hydrogen (secondary N) is 1. The second kappa shape index (κ2) is 7.30. The van der Waals surface area contributed by atoms with Crippen molar-refractivity contribution in [3.05, 3.63) is 75.9 Å². The maximum absolute atomic E-state index is 12.0. The largest absolute Gasteiger partial charge is 0.362 e. The van der Waals surface area contributed by atoms with E-state index in [0.29, 0.717) is 15.6 Å². The van der Waals surface area contributed by atoms with E-state index in [0.717, 1.165) is 12.1 Å². The number of carbonyl (C=O) groups excluding carboxylic acids is 1. The highest BCUT2D eigenvalue weighted by Gasteiger charge is 2.01. The van der Waals surface area contributed by atoms with E-state index in [4.69, 9.17) is 23.2 Å². The van der Waals surface area contributed by atoms with Gasteiger partial charge in [0.15, 0.2) is 5.78 Å². The Labute approximate surface area is 134 Å². The van der Waals surface area contributed by atoms with E-state index in [2.05, 4.69) is 12.2 Å². The first-order valence-electron chi connectivity index (χ1n) is 6.61. The maximum Gasteiger partial charge on any atom is 0.187 e. The summed E-state index contributed by atoms with van der Waals surface area (Å²) in [6.07, 6.45) is 4.04. The molecule has 0 atom stereocenters. The third-order valence-electron chi connectivity index (χ3n) is 3.05. The van der Waals surface area contributed by atoms with Gasteiger partial charge in [0.05, 0.1) is 10.0 Å². The van der Waals surface area contributed by atoms with Crippen molar-refractivity contribution in [2.75, 3.05) is 5.32 Å². The molecule has 0 saturated carbocycles. The number of benzene rings is 2. The molecular weight excluding hydrogens is 305 g/mol. The van der Waals surface area contributed by atoms with Gasteiger partial charge < -0.3 is 5.32 Å². The molecular formula is C17H15Cl2NO. The molecule has 108 valence electrons. The molecule has 0 heterocycles. The minimum Gasteiger partial charge on any atom is -0.362 e. The Morgan fingerprint density at radius 1 is 1.10 bits per heavy atom. The fourth-order valence-electron chi connectivity index (χ4n) is 1.80. The Morgan fingerprint density at radius 3 is 2.43 bits per heavy atom. The van der Waals surface area contributed by atoms with E-state index < -0.39 is 0 Å². The van der Waals surface area contributed by atoms with Gasteiger partial charge in [-0.1, -0.05) is 54.4 Å². The average Bonchev–Trinajstić information content (AvgIpc) is 2.51. The molecule has 4 heteroatoms. The number of anilines is 1. The number of hydrogen-bond donors (Lipinski definition) is 1. The molecule has 0 unspecified atom stereocenters. The van der Waals surface area contributed by atoms with Gasteiger partial charge in [-0.2, -0.15) is 0 Å². The Bertz CT molecular complexity index is 663. The molecule has 0 aliphatic heterocycles. The van der Waals surface area contributed by atoms with Crippen molar-refractivity contribution in [3.63, 3.8) is 0 Å². The van der Waals surface area contributed by atoms with Crippen LogP contribution in [-0.2, 0) is 6.42 Å². The zero-order valence-corrected chi connectivity index (χ0v) is 13.1. The summed E-state index contributed by atoms with van der Waals surface area (Å²) in [6, 6.07) is 12.8. The van der Waals surface area contributed by atoms with Crippen LogP contribution >= 0.6 is 23.2 Å². The summed E-state index contributed by atoms with van der Waals surface area (Å²) in [5.41, 5.74) is 2.65. The fourth-order valence-corrected chi connectivity index (χ4v) is 2.10. The van der Waals surface area contributed by atoms with Gasteiger partial charge in [-0.3, -0.25) is 4.79 Å². The van der Waals surface area contributed by atoms with Gasteiger partial charge in [-0.15, -0.1) is 0 Å². The number of rotatable bonds is 5. The lowest BCUT2D eigenvalue weighted by Crippen LogP contribution is -1.96. The van der Waals surface area contributed by atoms with Crippen LogP contribution in [0.25, 0.3) is 0 Å². The zero-order chi connectivity index (χ0) is 15.2. The number of aryl methyl sites for hydroxylation is 1. The molecule has 21 heavy (non-hydrogen) atoms. The SMILES string of the molecule is CCc1ccc(C(=O)/C=C/Nc2ccc(Cl)c(Cl)c2)cc1.